The number of hydrogen-bond acceptors (Lipinski definition) is 4. The van der Waals surface area contributed by atoms with Gasteiger partial charge in [0.2, 0.25) is 0 Å². The van der Waals surface area contributed by atoms with Crippen LogP contribution < -0.4 is 5.32 Å². The van der Waals surface area contributed by atoms with Crippen molar-refractivity contribution in [3.8, 4) is 0 Å². The van der Waals surface area contributed by atoms with E-state index < -0.39 is 0 Å². The highest BCUT2D eigenvalue weighted by atomic mass is 32.1. The van der Waals surface area contributed by atoms with Gasteiger partial charge in [-0.1, -0.05) is 29.8 Å². The molecule has 0 spiro atoms. The van der Waals surface area contributed by atoms with Crippen LogP contribution in [0.15, 0.2) is 24.3 Å². The highest BCUT2D eigenvalue weighted by Crippen LogP contribution is 2.19. The molecule has 1 heterocycles. The molecule has 3 rings (SSSR count). The number of nitrogens with zero attached hydrogens (tertiary/aromatic N) is 2. The fourth-order valence-corrected chi connectivity index (χ4v) is 3.10. The summed E-state index contributed by atoms with van der Waals surface area (Å²) in [6.45, 7) is 3.22. The van der Waals surface area contributed by atoms with E-state index >= 15 is 0 Å². The summed E-state index contributed by atoms with van der Waals surface area (Å²) in [4.78, 5) is 0. The first-order valence-corrected chi connectivity index (χ1v) is 8.21. The molecule has 0 amide bonds. The van der Waals surface area contributed by atoms with Gasteiger partial charge in [-0.15, -0.1) is 21.5 Å². The smallest absolute Gasteiger partial charge is 0.121 e. The van der Waals surface area contributed by atoms with E-state index in [2.05, 4.69) is 46.7 Å². The summed E-state index contributed by atoms with van der Waals surface area (Å²) < 4.78 is 0. The highest BCUT2D eigenvalue weighted by Gasteiger charge is 2.19. The van der Waals surface area contributed by atoms with E-state index in [1.807, 2.05) is 0 Å². The fraction of sp³-hybridized carbons (Fsp3) is 0.500. The molecular weight excluding hydrogens is 266 g/mol. The van der Waals surface area contributed by atoms with E-state index in [-0.39, 0.29) is 0 Å². The molecule has 4 heteroatoms. The summed E-state index contributed by atoms with van der Waals surface area (Å²) in [6, 6.07) is 9.47. The molecular formula is C16H21N3S. The summed E-state index contributed by atoms with van der Waals surface area (Å²) in [5.41, 5.74) is 2.61. The lowest BCUT2D eigenvalue weighted by molar-refractivity contribution is 0.643. The van der Waals surface area contributed by atoms with Gasteiger partial charge >= 0.3 is 0 Å². The summed E-state index contributed by atoms with van der Waals surface area (Å²) in [7, 11) is 0. The molecule has 1 aromatic carbocycles. The normalized spacial score (nSPS) is 14.7. The van der Waals surface area contributed by atoms with E-state index in [4.69, 9.17) is 0 Å². The Labute approximate surface area is 124 Å². The molecule has 3 nitrogen and oxygen atoms in total. The second-order valence-electron chi connectivity index (χ2n) is 5.58. The van der Waals surface area contributed by atoms with Crippen LogP contribution in [0, 0.1) is 6.92 Å². The van der Waals surface area contributed by atoms with Gasteiger partial charge in [0.05, 0.1) is 0 Å². The van der Waals surface area contributed by atoms with Crippen LogP contribution in [0.1, 0.15) is 40.4 Å². The van der Waals surface area contributed by atoms with Crippen LogP contribution in [-0.2, 0) is 12.8 Å². The van der Waals surface area contributed by atoms with Gasteiger partial charge < -0.3 is 5.32 Å². The largest absolute Gasteiger partial charge is 0.314 e. The van der Waals surface area contributed by atoms with Crippen LogP contribution in [0.3, 0.4) is 0 Å². The van der Waals surface area contributed by atoms with Crippen molar-refractivity contribution < 1.29 is 0 Å². The van der Waals surface area contributed by atoms with Crippen LogP contribution in [0.25, 0.3) is 0 Å². The van der Waals surface area contributed by atoms with Gasteiger partial charge in [-0.3, -0.25) is 0 Å². The Hall–Kier alpha value is -1.26. The molecule has 0 bridgehead atoms. The molecule has 0 unspecified atom stereocenters. The molecule has 1 aromatic heterocycles. The summed E-state index contributed by atoms with van der Waals surface area (Å²) in [6.07, 6.45) is 5.83. The monoisotopic (exact) mass is 287 g/mol. The minimum Gasteiger partial charge on any atom is -0.314 e. The molecule has 0 radical (unpaired) electrons. The second-order valence-corrected chi connectivity index (χ2v) is 6.73. The third kappa shape index (κ3) is 4.12. The van der Waals surface area contributed by atoms with Crippen LogP contribution >= 0.6 is 11.3 Å². The maximum atomic E-state index is 4.31. The fourth-order valence-electron chi connectivity index (χ4n) is 2.17. The second kappa shape index (κ2) is 6.46. The van der Waals surface area contributed by atoms with E-state index in [1.54, 1.807) is 11.3 Å². The summed E-state index contributed by atoms with van der Waals surface area (Å²) in [5, 5.41) is 14.4. The Kier molecular flexibility index (Phi) is 4.43. The minimum absolute atomic E-state index is 0.807. The van der Waals surface area contributed by atoms with Gasteiger partial charge in [-0.2, -0.15) is 0 Å². The van der Waals surface area contributed by atoms with Gasteiger partial charge in [0.1, 0.15) is 10.0 Å². The predicted molar refractivity (Wildman–Crippen MR) is 83.2 cm³/mol. The lowest BCUT2D eigenvalue weighted by atomic mass is 10.1. The Balaban J connectivity index is 1.46. The molecule has 1 aliphatic carbocycles. The molecule has 0 atom stereocenters. The third-order valence-corrected chi connectivity index (χ3v) is 4.55. The number of nitrogens with one attached hydrogen (secondary N) is 1. The standard InChI is InChI=1S/C16H21N3S/c1-12-4-6-13(7-5-12)11-16-19-18-15(20-16)3-2-10-17-14-8-9-14/h4-7,14,17H,2-3,8-11H2,1H3. The van der Waals surface area contributed by atoms with Crippen LogP contribution in [0.4, 0.5) is 0 Å². The highest BCUT2D eigenvalue weighted by molar-refractivity contribution is 7.11. The van der Waals surface area contributed by atoms with E-state index in [0.29, 0.717) is 0 Å². The van der Waals surface area contributed by atoms with Crippen LogP contribution in [0.2, 0.25) is 0 Å². The van der Waals surface area contributed by atoms with Crippen molar-refractivity contribution >= 4 is 11.3 Å². The van der Waals surface area contributed by atoms with Crippen LogP contribution in [-0.4, -0.2) is 22.8 Å². The maximum Gasteiger partial charge on any atom is 0.121 e. The quantitative estimate of drug-likeness (QED) is 0.795. The lowest BCUT2D eigenvalue weighted by Gasteiger charge is -1.99. The maximum absolute atomic E-state index is 4.31. The zero-order valence-electron chi connectivity index (χ0n) is 11.9. The average molecular weight is 287 g/mol. The van der Waals surface area contributed by atoms with Crippen molar-refractivity contribution in [2.45, 2.75) is 45.1 Å². The molecule has 0 aliphatic heterocycles. The Morgan fingerprint density at radius 2 is 1.90 bits per heavy atom. The SMILES string of the molecule is Cc1ccc(Cc2nnc(CCCNC3CC3)s2)cc1. The first kappa shape index (κ1) is 13.7. The Morgan fingerprint density at radius 3 is 2.65 bits per heavy atom. The first-order chi connectivity index (χ1) is 9.79. The van der Waals surface area contributed by atoms with Crippen LogP contribution in [0.5, 0.6) is 0 Å². The minimum atomic E-state index is 0.807. The lowest BCUT2D eigenvalue weighted by Crippen LogP contribution is -2.17. The number of rotatable bonds is 7. The number of aryl methyl sites for hydroxylation is 2. The van der Waals surface area contributed by atoms with Crippen molar-refractivity contribution in [3.05, 3.63) is 45.4 Å². The molecule has 0 saturated heterocycles. The summed E-state index contributed by atoms with van der Waals surface area (Å²) >= 11 is 1.76. The number of benzene rings is 1. The van der Waals surface area contributed by atoms with Crippen molar-refractivity contribution in [2.24, 2.45) is 0 Å². The third-order valence-electron chi connectivity index (χ3n) is 3.56. The zero-order valence-corrected chi connectivity index (χ0v) is 12.7. The Morgan fingerprint density at radius 1 is 1.15 bits per heavy atom. The molecule has 1 saturated carbocycles. The topological polar surface area (TPSA) is 37.8 Å². The molecule has 1 fully saturated rings. The van der Waals surface area contributed by atoms with Gasteiger partial charge in [0.15, 0.2) is 0 Å². The van der Waals surface area contributed by atoms with E-state index in [1.165, 1.54) is 29.0 Å². The summed E-state index contributed by atoms with van der Waals surface area (Å²) in [5.74, 6) is 0. The molecule has 106 valence electrons. The first-order valence-electron chi connectivity index (χ1n) is 7.40. The van der Waals surface area contributed by atoms with E-state index in [9.17, 15) is 0 Å². The van der Waals surface area contributed by atoms with Crippen molar-refractivity contribution in [3.63, 3.8) is 0 Å². The van der Waals surface area contributed by atoms with Crippen molar-refractivity contribution in [1.29, 1.82) is 0 Å². The van der Waals surface area contributed by atoms with Gasteiger partial charge in [-0.25, -0.2) is 0 Å². The van der Waals surface area contributed by atoms with Crippen molar-refractivity contribution in [1.82, 2.24) is 15.5 Å². The Bertz CT molecular complexity index is 543. The average Bonchev–Trinajstić information content (AvgIpc) is 3.17. The van der Waals surface area contributed by atoms with Gasteiger partial charge in [-0.05, 0) is 38.3 Å². The van der Waals surface area contributed by atoms with Gasteiger partial charge in [0, 0.05) is 18.9 Å². The number of aromatic nitrogens is 2. The molecule has 20 heavy (non-hydrogen) atoms. The van der Waals surface area contributed by atoms with Gasteiger partial charge in [0.25, 0.3) is 0 Å². The molecule has 1 N–H and O–H groups in total. The van der Waals surface area contributed by atoms with Crippen molar-refractivity contribution in [2.75, 3.05) is 6.54 Å². The predicted octanol–water partition coefficient (Wildman–Crippen LogP) is 3.12. The zero-order chi connectivity index (χ0) is 13.8. The molecule has 2 aromatic rings. The van der Waals surface area contributed by atoms with E-state index in [0.717, 1.165) is 36.9 Å². The number of hydrogen-bond donors (Lipinski definition) is 1. The molecule has 1 aliphatic rings.